The second kappa shape index (κ2) is 10.3. The molecule has 8 heteroatoms. The number of hydrogen-bond donors (Lipinski definition) is 1. The summed E-state index contributed by atoms with van der Waals surface area (Å²) in [7, 11) is 0. The van der Waals surface area contributed by atoms with Crippen molar-refractivity contribution in [1.82, 2.24) is 0 Å². The number of hydrogen-bond acceptors (Lipinski definition) is 4. The van der Waals surface area contributed by atoms with Crippen LogP contribution in [-0.2, 0) is 14.3 Å². The number of carbonyl (C=O) groups is 2. The van der Waals surface area contributed by atoms with E-state index in [9.17, 15) is 9.59 Å². The second-order valence-corrected chi connectivity index (χ2v) is 6.44. The van der Waals surface area contributed by atoms with Crippen LogP contribution in [0.2, 0.25) is 15.1 Å². The molecule has 0 bridgehead atoms. The van der Waals surface area contributed by atoms with Crippen molar-refractivity contribution >= 4 is 52.4 Å². The van der Waals surface area contributed by atoms with Crippen molar-refractivity contribution in [1.29, 1.82) is 0 Å². The number of halogens is 3. The van der Waals surface area contributed by atoms with E-state index in [0.717, 1.165) is 5.75 Å². The highest BCUT2D eigenvalue weighted by Gasteiger charge is 2.11. The Kier molecular flexibility index (Phi) is 8.04. The van der Waals surface area contributed by atoms with E-state index in [0.29, 0.717) is 18.7 Å². The first-order valence-corrected chi connectivity index (χ1v) is 8.87. The molecule has 2 rings (SSSR count). The zero-order chi connectivity index (χ0) is 18.9. The van der Waals surface area contributed by atoms with Crippen molar-refractivity contribution in [2.75, 3.05) is 18.5 Å². The highest BCUT2D eigenvalue weighted by atomic mass is 35.5. The van der Waals surface area contributed by atoms with Crippen LogP contribution in [0.4, 0.5) is 5.69 Å². The van der Waals surface area contributed by atoms with Crippen LogP contribution in [-0.4, -0.2) is 25.1 Å². The standard InChI is InChI=1S/C18H16Cl3NO4/c19-13-9-15(21)16(10-14(13)20)22-17(23)11-26-18(24)7-4-8-25-12-5-2-1-3-6-12/h1-3,5-6,9-10H,4,7-8,11H2,(H,22,23). The van der Waals surface area contributed by atoms with Gasteiger partial charge >= 0.3 is 5.97 Å². The monoisotopic (exact) mass is 415 g/mol. The van der Waals surface area contributed by atoms with Gasteiger partial charge in [0.05, 0.1) is 27.4 Å². The predicted octanol–water partition coefficient (Wildman–Crippen LogP) is 4.99. The maximum Gasteiger partial charge on any atom is 0.306 e. The first-order chi connectivity index (χ1) is 12.5. The Balaban J connectivity index is 1.67. The van der Waals surface area contributed by atoms with Crippen LogP contribution >= 0.6 is 34.8 Å². The van der Waals surface area contributed by atoms with Crippen LogP contribution in [0.25, 0.3) is 0 Å². The summed E-state index contributed by atoms with van der Waals surface area (Å²) in [5.41, 5.74) is 0.290. The zero-order valence-electron chi connectivity index (χ0n) is 13.6. The highest BCUT2D eigenvalue weighted by molar-refractivity contribution is 6.44. The maximum absolute atomic E-state index is 11.8. The average Bonchev–Trinajstić information content (AvgIpc) is 2.62. The largest absolute Gasteiger partial charge is 0.494 e. The number of rotatable bonds is 8. The molecule has 0 unspecified atom stereocenters. The zero-order valence-corrected chi connectivity index (χ0v) is 15.9. The lowest BCUT2D eigenvalue weighted by molar-refractivity contribution is -0.147. The van der Waals surface area contributed by atoms with Gasteiger partial charge in [-0.05, 0) is 30.7 Å². The minimum Gasteiger partial charge on any atom is -0.494 e. The SMILES string of the molecule is O=C(COC(=O)CCCOc1ccccc1)Nc1cc(Cl)c(Cl)cc1Cl. The minimum atomic E-state index is -0.529. The quantitative estimate of drug-likeness (QED) is 0.374. The smallest absolute Gasteiger partial charge is 0.306 e. The van der Waals surface area contributed by atoms with Gasteiger partial charge in [-0.1, -0.05) is 53.0 Å². The fourth-order valence-electron chi connectivity index (χ4n) is 1.95. The molecule has 2 aromatic rings. The molecule has 138 valence electrons. The van der Waals surface area contributed by atoms with E-state index in [1.54, 1.807) is 0 Å². The molecule has 1 N–H and O–H groups in total. The Hall–Kier alpha value is -1.95. The number of benzene rings is 2. The third kappa shape index (κ3) is 6.75. The van der Waals surface area contributed by atoms with Crippen molar-refractivity contribution in [2.24, 2.45) is 0 Å². The van der Waals surface area contributed by atoms with Crippen LogP contribution in [0.3, 0.4) is 0 Å². The first kappa shape index (κ1) is 20.4. The topological polar surface area (TPSA) is 64.6 Å². The van der Waals surface area contributed by atoms with Crippen LogP contribution < -0.4 is 10.1 Å². The highest BCUT2D eigenvalue weighted by Crippen LogP contribution is 2.32. The molecule has 0 heterocycles. The summed E-state index contributed by atoms with van der Waals surface area (Å²) in [6.45, 7) is -0.0425. The fraction of sp³-hybridized carbons (Fsp3) is 0.222. The Labute approximate surface area is 166 Å². The van der Waals surface area contributed by atoms with E-state index in [1.165, 1.54) is 12.1 Å². The van der Waals surface area contributed by atoms with Crippen LogP contribution in [0, 0.1) is 0 Å². The molecule has 0 fully saturated rings. The van der Waals surface area contributed by atoms with Gasteiger partial charge in [-0.2, -0.15) is 0 Å². The number of nitrogens with one attached hydrogen (secondary N) is 1. The molecule has 0 aliphatic carbocycles. The third-order valence-electron chi connectivity index (χ3n) is 3.19. The van der Waals surface area contributed by atoms with Crippen molar-refractivity contribution < 1.29 is 19.1 Å². The molecule has 0 aliphatic heterocycles. The van der Waals surface area contributed by atoms with Crippen LogP contribution in [0.1, 0.15) is 12.8 Å². The number of para-hydroxylation sites is 1. The number of carbonyl (C=O) groups excluding carboxylic acids is 2. The summed E-state index contributed by atoms with van der Waals surface area (Å²) in [5, 5.41) is 3.27. The number of anilines is 1. The number of esters is 1. The first-order valence-electron chi connectivity index (χ1n) is 7.73. The molecular weight excluding hydrogens is 401 g/mol. The molecule has 2 aromatic carbocycles. The van der Waals surface area contributed by atoms with Crippen LogP contribution in [0.15, 0.2) is 42.5 Å². The van der Waals surface area contributed by atoms with Gasteiger partial charge in [0.2, 0.25) is 0 Å². The van der Waals surface area contributed by atoms with Gasteiger partial charge < -0.3 is 14.8 Å². The average molecular weight is 417 g/mol. The van der Waals surface area contributed by atoms with Crippen molar-refractivity contribution in [3.8, 4) is 5.75 Å². The maximum atomic E-state index is 11.8. The van der Waals surface area contributed by atoms with Crippen LogP contribution in [0.5, 0.6) is 5.75 Å². The van der Waals surface area contributed by atoms with Crippen molar-refractivity contribution in [2.45, 2.75) is 12.8 Å². The normalized spacial score (nSPS) is 10.3. The molecule has 0 radical (unpaired) electrons. The molecule has 0 spiro atoms. The van der Waals surface area contributed by atoms with Gasteiger partial charge in [0.15, 0.2) is 6.61 Å². The lowest BCUT2D eigenvalue weighted by Crippen LogP contribution is -2.21. The Morgan fingerprint density at radius 3 is 2.38 bits per heavy atom. The van der Waals surface area contributed by atoms with Gasteiger partial charge in [0.25, 0.3) is 5.91 Å². The predicted molar refractivity (Wildman–Crippen MR) is 102 cm³/mol. The molecule has 0 aliphatic rings. The summed E-state index contributed by atoms with van der Waals surface area (Å²) < 4.78 is 10.4. The van der Waals surface area contributed by atoms with E-state index in [-0.39, 0.29) is 21.5 Å². The summed E-state index contributed by atoms with van der Waals surface area (Å²) >= 11 is 17.7. The summed E-state index contributed by atoms with van der Waals surface area (Å²) in [6.07, 6.45) is 0.627. The second-order valence-electron chi connectivity index (χ2n) is 5.22. The summed E-state index contributed by atoms with van der Waals surface area (Å²) in [4.78, 5) is 23.5. The third-order valence-corrected chi connectivity index (χ3v) is 4.22. The van der Waals surface area contributed by atoms with Crippen molar-refractivity contribution in [3.63, 3.8) is 0 Å². The Morgan fingerprint density at radius 2 is 1.65 bits per heavy atom. The van der Waals surface area contributed by atoms with E-state index in [4.69, 9.17) is 44.3 Å². The van der Waals surface area contributed by atoms with Gasteiger partial charge in [-0.15, -0.1) is 0 Å². The molecule has 1 amide bonds. The molecular formula is C18H16Cl3NO4. The van der Waals surface area contributed by atoms with Crippen molar-refractivity contribution in [3.05, 3.63) is 57.5 Å². The number of ether oxygens (including phenoxy) is 2. The molecule has 0 saturated carbocycles. The molecule has 0 atom stereocenters. The Bertz CT molecular complexity index is 769. The van der Waals surface area contributed by atoms with Gasteiger partial charge in [-0.25, -0.2) is 0 Å². The minimum absolute atomic E-state index is 0.146. The van der Waals surface area contributed by atoms with Gasteiger partial charge in [-0.3, -0.25) is 9.59 Å². The summed E-state index contributed by atoms with van der Waals surface area (Å²) in [6, 6.07) is 12.1. The van der Waals surface area contributed by atoms with E-state index < -0.39 is 18.5 Å². The fourth-order valence-corrected chi connectivity index (χ4v) is 2.54. The number of amides is 1. The van der Waals surface area contributed by atoms with E-state index >= 15 is 0 Å². The van der Waals surface area contributed by atoms with Gasteiger partial charge in [0, 0.05) is 6.42 Å². The molecule has 5 nitrogen and oxygen atoms in total. The van der Waals surface area contributed by atoms with E-state index in [2.05, 4.69) is 5.32 Å². The molecule has 26 heavy (non-hydrogen) atoms. The van der Waals surface area contributed by atoms with E-state index in [1.807, 2.05) is 30.3 Å². The summed E-state index contributed by atoms with van der Waals surface area (Å²) in [5.74, 6) is -0.282. The lowest BCUT2D eigenvalue weighted by atomic mass is 10.3. The Morgan fingerprint density at radius 1 is 0.962 bits per heavy atom. The molecule has 0 aromatic heterocycles. The van der Waals surface area contributed by atoms with Gasteiger partial charge in [0.1, 0.15) is 5.75 Å². The lowest BCUT2D eigenvalue weighted by Gasteiger charge is -2.09. The molecule has 0 saturated heterocycles.